The lowest BCUT2D eigenvalue weighted by molar-refractivity contribution is -0.139. The van der Waals surface area contributed by atoms with Gasteiger partial charge < -0.3 is 15.4 Å². The number of nitrogens with two attached hydrogens (primary N) is 1. The Labute approximate surface area is 114 Å². The first-order valence-electron chi connectivity index (χ1n) is 6.64. The zero-order valence-corrected chi connectivity index (χ0v) is 11.9. The van der Waals surface area contributed by atoms with Gasteiger partial charge in [-0.15, -0.1) is 0 Å². The van der Waals surface area contributed by atoms with Crippen LogP contribution in [0.15, 0.2) is 18.2 Å². The van der Waals surface area contributed by atoms with Gasteiger partial charge in [-0.25, -0.2) is 0 Å². The molecule has 0 radical (unpaired) electrons. The number of rotatable bonds is 4. The van der Waals surface area contributed by atoms with Crippen molar-refractivity contribution in [3.8, 4) is 5.75 Å². The van der Waals surface area contributed by atoms with E-state index in [1.807, 2.05) is 25.1 Å². The van der Waals surface area contributed by atoms with Crippen LogP contribution in [0.4, 0.5) is 0 Å². The molecule has 0 heterocycles. The van der Waals surface area contributed by atoms with E-state index in [2.05, 4.69) is 0 Å². The van der Waals surface area contributed by atoms with E-state index in [-0.39, 0.29) is 5.91 Å². The van der Waals surface area contributed by atoms with Crippen molar-refractivity contribution < 1.29 is 9.53 Å². The maximum Gasteiger partial charge on any atom is 0.242 e. The fourth-order valence-corrected chi connectivity index (χ4v) is 2.51. The van der Waals surface area contributed by atoms with Gasteiger partial charge in [-0.1, -0.05) is 17.7 Å². The SMILES string of the molecule is COc1ccc(C)cc1CN(C)C(=O)C1(N)CCC1. The first-order valence-corrected chi connectivity index (χ1v) is 6.64. The van der Waals surface area contributed by atoms with Crippen molar-refractivity contribution in [2.24, 2.45) is 5.73 Å². The summed E-state index contributed by atoms with van der Waals surface area (Å²) < 4.78 is 5.34. The zero-order valence-electron chi connectivity index (χ0n) is 11.9. The highest BCUT2D eigenvalue weighted by Crippen LogP contribution is 2.31. The number of benzene rings is 1. The van der Waals surface area contributed by atoms with Crippen LogP contribution in [-0.2, 0) is 11.3 Å². The summed E-state index contributed by atoms with van der Waals surface area (Å²) in [6.45, 7) is 2.56. The predicted octanol–water partition coefficient (Wildman–Crippen LogP) is 1.84. The second kappa shape index (κ2) is 5.21. The topological polar surface area (TPSA) is 55.6 Å². The Hall–Kier alpha value is -1.55. The second-order valence-corrected chi connectivity index (χ2v) is 5.49. The van der Waals surface area contributed by atoms with Gasteiger partial charge in [0.25, 0.3) is 0 Å². The Morgan fingerprint density at radius 2 is 2.16 bits per heavy atom. The molecule has 0 unspecified atom stereocenters. The summed E-state index contributed by atoms with van der Waals surface area (Å²) in [6, 6.07) is 5.98. The number of hydrogen-bond acceptors (Lipinski definition) is 3. The molecule has 2 rings (SSSR count). The lowest BCUT2D eigenvalue weighted by Gasteiger charge is -2.39. The average molecular weight is 262 g/mol. The molecule has 4 heteroatoms. The summed E-state index contributed by atoms with van der Waals surface area (Å²) in [5, 5.41) is 0. The summed E-state index contributed by atoms with van der Waals surface area (Å²) in [7, 11) is 3.45. The fourth-order valence-electron chi connectivity index (χ4n) is 2.51. The molecule has 1 aromatic rings. The minimum absolute atomic E-state index is 0.0299. The third-order valence-corrected chi connectivity index (χ3v) is 3.86. The summed E-state index contributed by atoms with van der Waals surface area (Å²) in [6.07, 6.45) is 2.63. The number of amides is 1. The van der Waals surface area contributed by atoms with E-state index >= 15 is 0 Å². The van der Waals surface area contributed by atoms with E-state index < -0.39 is 5.54 Å². The molecule has 104 valence electrons. The molecular weight excluding hydrogens is 240 g/mol. The lowest BCUT2D eigenvalue weighted by Crippen LogP contribution is -2.58. The van der Waals surface area contributed by atoms with E-state index in [0.717, 1.165) is 36.1 Å². The normalized spacial score (nSPS) is 16.6. The molecular formula is C15H22N2O2. The van der Waals surface area contributed by atoms with E-state index in [0.29, 0.717) is 6.54 Å². The monoisotopic (exact) mass is 262 g/mol. The standard InChI is InChI=1S/C15H22N2O2/c1-11-5-6-13(19-3)12(9-11)10-17(2)14(18)15(16)7-4-8-15/h5-6,9H,4,7-8,10,16H2,1-3H3. The minimum atomic E-state index is -0.633. The molecule has 1 fully saturated rings. The van der Waals surface area contributed by atoms with E-state index in [1.165, 1.54) is 0 Å². The van der Waals surface area contributed by atoms with Crippen molar-refractivity contribution in [2.45, 2.75) is 38.3 Å². The van der Waals surface area contributed by atoms with E-state index in [4.69, 9.17) is 10.5 Å². The number of ether oxygens (including phenoxy) is 1. The van der Waals surface area contributed by atoms with Crippen LogP contribution in [0.1, 0.15) is 30.4 Å². The minimum Gasteiger partial charge on any atom is -0.496 e. The molecule has 1 aromatic carbocycles. The van der Waals surface area contributed by atoms with Crippen molar-refractivity contribution in [2.75, 3.05) is 14.2 Å². The zero-order chi connectivity index (χ0) is 14.0. The molecule has 1 saturated carbocycles. The Kier molecular flexibility index (Phi) is 3.80. The van der Waals surface area contributed by atoms with E-state index in [1.54, 1.807) is 19.1 Å². The molecule has 4 nitrogen and oxygen atoms in total. The Morgan fingerprint density at radius 3 is 2.68 bits per heavy atom. The van der Waals surface area contributed by atoms with Gasteiger partial charge in [0, 0.05) is 19.2 Å². The third-order valence-electron chi connectivity index (χ3n) is 3.86. The van der Waals surface area contributed by atoms with Crippen molar-refractivity contribution in [1.82, 2.24) is 4.90 Å². The lowest BCUT2D eigenvalue weighted by atomic mass is 9.76. The highest BCUT2D eigenvalue weighted by Gasteiger charge is 2.41. The van der Waals surface area contributed by atoms with Gasteiger partial charge in [0.2, 0.25) is 5.91 Å². The van der Waals surface area contributed by atoms with Crippen molar-refractivity contribution in [3.05, 3.63) is 29.3 Å². The summed E-state index contributed by atoms with van der Waals surface area (Å²) in [5.74, 6) is 0.840. The van der Waals surface area contributed by atoms with Crippen LogP contribution < -0.4 is 10.5 Å². The maximum absolute atomic E-state index is 12.3. The Balaban J connectivity index is 2.12. The average Bonchev–Trinajstić information content (AvgIpc) is 2.35. The highest BCUT2D eigenvalue weighted by atomic mass is 16.5. The number of nitrogens with zero attached hydrogens (tertiary/aromatic N) is 1. The van der Waals surface area contributed by atoms with Crippen LogP contribution in [-0.4, -0.2) is 30.5 Å². The first kappa shape index (κ1) is 13.9. The molecule has 19 heavy (non-hydrogen) atoms. The fraction of sp³-hybridized carbons (Fsp3) is 0.533. The van der Waals surface area contributed by atoms with Crippen molar-refractivity contribution >= 4 is 5.91 Å². The smallest absolute Gasteiger partial charge is 0.242 e. The number of carbonyl (C=O) groups excluding carboxylic acids is 1. The van der Waals surface area contributed by atoms with Crippen LogP contribution >= 0.6 is 0 Å². The van der Waals surface area contributed by atoms with Gasteiger partial charge in [-0.3, -0.25) is 4.79 Å². The highest BCUT2D eigenvalue weighted by molar-refractivity contribution is 5.86. The largest absolute Gasteiger partial charge is 0.496 e. The van der Waals surface area contributed by atoms with Crippen LogP contribution in [0.5, 0.6) is 5.75 Å². The molecule has 2 N–H and O–H groups in total. The van der Waals surface area contributed by atoms with Crippen LogP contribution in [0.2, 0.25) is 0 Å². The van der Waals surface area contributed by atoms with Crippen LogP contribution in [0, 0.1) is 6.92 Å². The quantitative estimate of drug-likeness (QED) is 0.901. The second-order valence-electron chi connectivity index (χ2n) is 5.49. The van der Waals surface area contributed by atoms with Gasteiger partial charge in [0.15, 0.2) is 0 Å². The van der Waals surface area contributed by atoms with Gasteiger partial charge in [0.1, 0.15) is 5.75 Å². The number of methoxy groups -OCH3 is 1. The summed E-state index contributed by atoms with van der Waals surface area (Å²) >= 11 is 0. The molecule has 0 aromatic heterocycles. The van der Waals surface area contributed by atoms with Crippen molar-refractivity contribution in [1.29, 1.82) is 0 Å². The predicted molar refractivity (Wildman–Crippen MR) is 75.0 cm³/mol. The Morgan fingerprint density at radius 1 is 1.47 bits per heavy atom. The first-order chi connectivity index (χ1) is 8.96. The number of aryl methyl sites for hydroxylation is 1. The third kappa shape index (κ3) is 2.73. The van der Waals surface area contributed by atoms with E-state index in [9.17, 15) is 4.79 Å². The van der Waals surface area contributed by atoms with Gasteiger partial charge in [0.05, 0.1) is 12.6 Å². The summed E-state index contributed by atoms with van der Waals surface area (Å²) in [4.78, 5) is 14.0. The van der Waals surface area contributed by atoms with Crippen molar-refractivity contribution in [3.63, 3.8) is 0 Å². The number of hydrogen-bond donors (Lipinski definition) is 1. The molecule has 0 spiro atoms. The number of likely N-dealkylation sites (N-methyl/N-ethyl adjacent to an activating group) is 1. The van der Waals surface area contributed by atoms with Crippen LogP contribution in [0.25, 0.3) is 0 Å². The molecule has 0 saturated heterocycles. The number of carbonyl (C=O) groups is 1. The molecule has 0 aliphatic heterocycles. The molecule has 1 amide bonds. The summed E-state index contributed by atoms with van der Waals surface area (Å²) in [5.41, 5.74) is 7.62. The molecule has 1 aliphatic carbocycles. The Bertz CT molecular complexity index is 481. The van der Waals surface area contributed by atoms with Gasteiger partial charge in [-0.2, -0.15) is 0 Å². The molecule has 1 aliphatic rings. The van der Waals surface area contributed by atoms with Crippen LogP contribution in [0.3, 0.4) is 0 Å². The molecule has 0 bridgehead atoms. The maximum atomic E-state index is 12.3. The van der Waals surface area contributed by atoms with Gasteiger partial charge in [-0.05, 0) is 32.3 Å². The van der Waals surface area contributed by atoms with Gasteiger partial charge >= 0.3 is 0 Å². The molecule has 0 atom stereocenters.